The summed E-state index contributed by atoms with van der Waals surface area (Å²) in [5.41, 5.74) is 3.26. The fraction of sp³-hybridized carbons (Fsp3) is 0.407. The number of hydrogen-bond donors (Lipinski definition) is 1. The summed E-state index contributed by atoms with van der Waals surface area (Å²) in [6, 6.07) is 10.7. The van der Waals surface area contributed by atoms with E-state index in [4.69, 9.17) is 4.74 Å². The molecule has 186 valence electrons. The van der Waals surface area contributed by atoms with Gasteiger partial charge in [-0.3, -0.25) is 19.0 Å². The maximum atomic E-state index is 13.3. The molecule has 1 N–H and O–H groups in total. The summed E-state index contributed by atoms with van der Waals surface area (Å²) in [5.74, 6) is 0.411. The Hall–Kier alpha value is -2.97. The predicted molar refractivity (Wildman–Crippen MR) is 141 cm³/mol. The van der Waals surface area contributed by atoms with Gasteiger partial charge in [0.15, 0.2) is 10.9 Å². The first-order chi connectivity index (χ1) is 16.7. The number of methoxy groups -OCH3 is 1. The molecule has 0 atom stereocenters. The van der Waals surface area contributed by atoms with Gasteiger partial charge in [0.1, 0.15) is 0 Å². The van der Waals surface area contributed by atoms with Crippen LogP contribution in [0.1, 0.15) is 52.1 Å². The first-order valence-electron chi connectivity index (χ1n) is 11.8. The van der Waals surface area contributed by atoms with Crippen LogP contribution in [0.4, 0.5) is 0 Å². The quantitative estimate of drug-likeness (QED) is 0.241. The lowest BCUT2D eigenvalue weighted by atomic mass is 10.0. The van der Waals surface area contributed by atoms with Crippen LogP contribution in [-0.4, -0.2) is 47.3 Å². The highest BCUT2D eigenvalue weighted by atomic mass is 32.2. The molecule has 0 saturated carbocycles. The van der Waals surface area contributed by atoms with Crippen molar-refractivity contribution < 1.29 is 14.3 Å². The monoisotopic (exact) mass is 495 g/mol. The topological polar surface area (TPSA) is 90.3 Å². The molecule has 1 heterocycles. The largest absolute Gasteiger partial charge is 0.383 e. The Balaban J connectivity index is 1.91. The lowest BCUT2D eigenvalue weighted by Crippen LogP contribution is -2.27. The zero-order valence-electron chi connectivity index (χ0n) is 21.0. The molecule has 0 aliphatic rings. The van der Waals surface area contributed by atoms with E-state index in [-0.39, 0.29) is 23.0 Å². The van der Waals surface area contributed by atoms with Crippen molar-refractivity contribution in [2.24, 2.45) is 5.92 Å². The van der Waals surface area contributed by atoms with E-state index in [0.717, 1.165) is 17.5 Å². The Morgan fingerprint density at radius 3 is 2.63 bits per heavy atom. The standard InChI is InChI=1S/C27H33N3O4S/c1-17(2)10-11-28-25(32)20-8-9-21-23(15-20)29-27(30(26(21)33)12-13-34-5)35-16-24(31)22-14-18(3)6-7-19(22)4/h6-9,14-15,17H,10-13,16H2,1-5H3,(H,28,32). The Bertz CT molecular complexity index is 1280. The summed E-state index contributed by atoms with van der Waals surface area (Å²) in [7, 11) is 1.57. The van der Waals surface area contributed by atoms with Gasteiger partial charge in [-0.05, 0) is 56.0 Å². The van der Waals surface area contributed by atoms with Crippen LogP contribution in [0.2, 0.25) is 0 Å². The van der Waals surface area contributed by atoms with Crippen LogP contribution in [0.3, 0.4) is 0 Å². The third-order valence-corrected chi connectivity index (χ3v) is 6.71. The van der Waals surface area contributed by atoms with E-state index in [1.54, 1.807) is 25.3 Å². The molecule has 0 spiro atoms. The van der Waals surface area contributed by atoms with Gasteiger partial charge < -0.3 is 10.1 Å². The molecular weight excluding hydrogens is 462 g/mol. The lowest BCUT2D eigenvalue weighted by Gasteiger charge is -2.14. The minimum atomic E-state index is -0.222. The van der Waals surface area contributed by atoms with Crippen molar-refractivity contribution in [3.05, 3.63) is 69.0 Å². The van der Waals surface area contributed by atoms with E-state index in [1.165, 1.54) is 16.3 Å². The molecule has 2 aromatic carbocycles. The van der Waals surface area contributed by atoms with Gasteiger partial charge in [-0.25, -0.2) is 4.98 Å². The maximum Gasteiger partial charge on any atom is 0.262 e. The predicted octanol–water partition coefficient (Wildman–Crippen LogP) is 4.41. The first kappa shape index (κ1) is 26.6. The number of Topliss-reactive ketones (excluding diaryl/α,β-unsaturated/α-hetero) is 1. The molecule has 0 unspecified atom stereocenters. The first-order valence-corrected chi connectivity index (χ1v) is 12.7. The highest BCUT2D eigenvalue weighted by Gasteiger charge is 2.17. The number of ketones is 1. The van der Waals surface area contributed by atoms with Crippen LogP contribution in [0, 0.1) is 19.8 Å². The number of hydrogen-bond acceptors (Lipinski definition) is 6. The molecule has 0 aliphatic carbocycles. The summed E-state index contributed by atoms with van der Waals surface area (Å²) in [5, 5.41) is 3.76. The Kier molecular flexibility index (Phi) is 9.23. The van der Waals surface area contributed by atoms with Crippen molar-refractivity contribution in [1.29, 1.82) is 0 Å². The van der Waals surface area contributed by atoms with Crippen LogP contribution in [0.15, 0.2) is 46.3 Å². The van der Waals surface area contributed by atoms with Gasteiger partial charge in [0, 0.05) is 24.8 Å². The summed E-state index contributed by atoms with van der Waals surface area (Å²) in [6.07, 6.45) is 0.886. The number of benzene rings is 2. The average Bonchev–Trinajstić information content (AvgIpc) is 2.83. The fourth-order valence-corrected chi connectivity index (χ4v) is 4.56. The molecule has 0 radical (unpaired) electrons. The minimum Gasteiger partial charge on any atom is -0.383 e. The van der Waals surface area contributed by atoms with Gasteiger partial charge in [0.2, 0.25) is 0 Å². The summed E-state index contributed by atoms with van der Waals surface area (Å²) in [4.78, 5) is 43.5. The number of nitrogens with zero attached hydrogens (tertiary/aromatic N) is 2. The number of amides is 1. The van der Waals surface area contributed by atoms with E-state index < -0.39 is 0 Å². The van der Waals surface area contributed by atoms with Crippen molar-refractivity contribution in [2.75, 3.05) is 26.0 Å². The molecule has 0 fully saturated rings. The number of ether oxygens (including phenoxy) is 1. The molecule has 8 heteroatoms. The third-order valence-electron chi connectivity index (χ3n) is 5.73. The number of rotatable bonds is 11. The summed E-state index contributed by atoms with van der Waals surface area (Å²) >= 11 is 1.22. The van der Waals surface area contributed by atoms with Crippen LogP contribution < -0.4 is 10.9 Å². The van der Waals surface area contributed by atoms with Crippen LogP contribution in [0.25, 0.3) is 10.9 Å². The zero-order valence-corrected chi connectivity index (χ0v) is 21.8. The molecule has 3 aromatic rings. The van der Waals surface area contributed by atoms with Crippen molar-refractivity contribution >= 4 is 34.4 Å². The number of carbonyl (C=O) groups excluding carboxylic acids is 2. The fourth-order valence-electron chi connectivity index (χ4n) is 3.65. The Morgan fingerprint density at radius 1 is 1.14 bits per heavy atom. The number of aromatic nitrogens is 2. The number of carbonyl (C=O) groups is 2. The molecule has 0 aliphatic heterocycles. The summed E-state index contributed by atoms with van der Waals surface area (Å²) < 4.78 is 6.72. The van der Waals surface area contributed by atoms with Gasteiger partial charge in [-0.1, -0.05) is 43.3 Å². The molecular formula is C27H33N3O4S. The maximum absolute atomic E-state index is 13.3. The average molecular weight is 496 g/mol. The van der Waals surface area contributed by atoms with E-state index in [1.807, 2.05) is 32.0 Å². The number of fused-ring (bicyclic) bond motifs is 1. The lowest BCUT2D eigenvalue weighted by molar-refractivity contribution is 0.0951. The number of thioether (sulfide) groups is 1. The van der Waals surface area contributed by atoms with E-state index in [9.17, 15) is 14.4 Å². The van der Waals surface area contributed by atoms with Crippen LogP contribution in [-0.2, 0) is 11.3 Å². The van der Waals surface area contributed by atoms with Gasteiger partial charge >= 0.3 is 0 Å². The molecule has 0 bridgehead atoms. The second-order valence-corrected chi connectivity index (χ2v) is 9.99. The number of nitrogens with one attached hydrogen (secondary N) is 1. The van der Waals surface area contributed by atoms with Crippen molar-refractivity contribution in [2.45, 2.75) is 45.8 Å². The van der Waals surface area contributed by atoms with E-state index >= 15 is 0 Å². The summed E-state index contributed by atoms with van der Waals surface area (Å²) in [6.45, 7) is 9.30. The molecule has 7 nitrogen and oxygen atoms in total. The highest BCUT2D eigenvalue weighted by Crippen LogP contribution is 2.21. The van der Waals surface area contributed by atoms with Crippen molar-refractivity contribution in [1.82, 2.24) is 14.9 Å². The third kappa shape index (κ3) is 6.80. The minimum absolute atomic E-state index is 0.0258. The smallest absolute Gasteiger partial charge is 0.262 e. The zero-order chi connectivity index (χ0) is 25.5. The normalized spacial score (nSPS) is 11.3. The second-order valence-electron chi connectivity index (χ2n) is 9.04. The molecule has 0 saturated heterocycles. The van der Waals surface area contributed by atoms with Crippen molar-refractivity contribution in [3.63, 3.8) is 0 Å². The highest BCUT2D eigenvalue weighted by molar-refractivity contribution is 7.99. The molecule has 1 amide bonds. The second kappa shape index (κ2) is 12.1. The SMILES string of the molecule is COCCn1c(SCC(=O)c2cc(C)ccc2C)nc2cc(C(=O)NCCC(C)C)ccc2c1=O. The van der Waals surface area contributed by atoms with Gasteiger partial charge in [0.05, 0.1) is 29.8 Å². The van der Waals surface area contributed by atoms with Crippen LogP contribution >= 0.6 is 11.8 Å². The molecule has 1 aromatic heterocycles. The van der Waals surface area contributed by atoms with Gasteiger partial charge in [-0.2, -0.15) is 0 Å². The Labute approximate surface area is 210 Å². The van der Waals surface area contributed by atoms with Gasteiger partial charge in [0.25, 0.3) is 11.5 Å². The van der Waals surface area contributed by atoms with E-state index in [0.29, 0.717) is 52.8 Å². The number of aryl methyl sites for hydroxylation is 2. The Morgan fingerprint density at radius 2 is 1.91 bits per heavy atom. The van der Waals surface area contributed by atoms with E-state index in [2.05, 4.69) is 24.1 Å². The van der Waals surface area contributed by atoms with Crippen molar-refractivity contribution in [3.8, 4) is 0 Å². The molecule has 35 heavy (non-hydrogen) atoms. The van der Waals surface area contributed by atoms with Gasteiger partial charge in [-0.15, -0.1) is 0 Å². The molecule has 3 rings (SSSR count). The van der Waals surface area contributed by atoms with Crippen LogP contribution in [0.5, 0.6) is 0 Å².